The summed E-state index contributed by atoms with van der Waals surface area (Å²) in [6.45, 7) is 2.34. The zero-order valence-corrected chi connectivity index (χ0v) is 15.1. The minimum absolute atomic E-state index is 0.0265. The molecule has 0 radical (unpaired) electrons. The third kappa shape index (κ3) is 4.71. The number of hydrogen-bond donors (Lipinski definition) is 2. The van der Waals surface area contributed by atoms with Crippen LogP contribution in [0.5, 0.6) is 5.75 Å². The minimum atomic E-state index is -0.524. The maximum Gasteiger partial charge on any atom is 0.274 e. The molecule has 1 amide bonds. The van der Waals surface area contributed by atoms with E-state index in [1.165, 1.54) is 30.5 Å². The molecule has 0 unspecified atom stereocenters. The van der Waals surface area contributed by atoms with Gasteiger partial charge in [0.15, 0.2) is 0 Å². The highest BCUT2D eigenvalue weighted by Crippen LogP contribution is 2.24. The van der Waals surface area contributed by atoms with Gasteiger partial charge < -0.3 is 15.4 Å². The van der Waals surface area contributed by atoms with Gasteiger partial charge in [-0.25, -0.2) is 14.4 Å². The number of aromatic nitrogens is 2. The van der Waals surface area contributed by atoms with Crippen molar-refractivity contribution in [2.45, 2.75) is 6.92 Å². The van der Waals surface area contributed by atoms with Gasteiger partial charge in [0.25, 0.3) is 5.91 Å². The van der Waals surface area contributed by atoms with Gasteiger partial charge in [-0.15, -0.1) is 0 Å². The molecular formula is C19H16ClFN4O2. The SMILES string of the molecule is CCOc1ccccc1NC(=O)c1ccnc(Nc2ccc(F)c(Cl)c2)n1. The predicted molar refractivity (Wildman–Crippen MR) is 102 cm³/mol. The molecular weight excluding hydrogens is 371 g/mol. The van der Waals surface area contributed by atoms with E-state index in [1.807, 2.05) is 13.0 Å². The summed E-state index contributed by atoms with van der Waals surface area (Å²) >= 11 is 5.76. The monoisotopic (exact) mass is 386 g/mol. The van der Waals surface area contributed by atoms with Gasteiger partial charge in [-0.2, -0.15) is 0 Å². The topological polar surface area (TPSA) is 76.1 Å². The maximum atomic E-state index is 13.2. The van der Waals surface area contributed by atoms with Gasteiger partial charge in [-0.05, 0) is 43.3 Å². The molecule has 6 nitrogen and oxygen atoms in total. The molecule has 27 heavy (non-hydrogen) atoms. The van der Waals surface area contributed by atoms with Crippen molar-refractivity contribution in [2.75, 3.05) is 17.2 Å². The number of anilines is 3. The van der Waals surface area contributed by atoms with Crippen molar-refractivity contribution in [3.63, 3.8) is 0 Å². The summed E-state index contributed by atoms with van der Waals surface area (Å²) in [7, 11) is 0. The van der Waals surface area contributed by atoms with E-state index < -0.39 is 11.7 Å². The van der Waals surface area contributed by atoms with Gasteiger partial charge >= 0.3 is 0 Å². The summed E-state index contributed by atoms with van der Waals surface area (Å²) in [5.74, 6) is -0.181. The predicted octanol–water partition coefficient (Wildman–Crippen LogP) is 4.66. The molecule has 1 aromatic heterocycles. The number of ether oxygens (including phenoxy) is 1. The van der Waals surface area contributed by atoms with Gasteiger partial charge in [0.1, 0.15) is 17.3 Å². The molecule has 0 bridgehead atoms. The molecule has 1 heterocycles. The molecule has 0 saturated heterocycles. The maximum absolute atomic E-state index is 13.2. The Kier molecular flexibility index (Phi) is 5.83. The molecule has 2 N–H and O–H groups in total. The second kappa shape index (κ2) is 8.46. The van der Waals surface area contributed by atoms with Crippen molar-refractivity contribution < 1.29 is 13.9 Å². The van der Waals surface area contributed by atoms with Gasteiger partial charge in [0.05, 0.1) is 17.3 Å². The van der Waals surface area contributed by atoms with Crippen molar-refractivity contribution in [1.82, 2.24) is 9.97 Å². The van der Waals surface area contributed by atoms with E-state index in [-0.39, 0.29) is 16.7 Å². The van der Waals surface area contributed by atoms with Gasteiger partial charge in [0, 0.05) is 11.9 Å². The van der Waals surface area contributed by atoms with Crippen LogP contribution in [-0.2, 0) is 0 Å². The lowest BCUT2D eigenvalue weighted by Crippen LogP contribution is -2.15. The normalized spacial score (nSPS) is 10.3. The number of para-hydroxylation sites is 2. The smallest absolute Gasteiger partial charge is 0.274 e. The molecule has 138 valence electrons. The van der Waals surface area contributed by atoms with Crippen LogP contribution in [0.4, 0.5) is 21.7 Å². The Labute approximate surface area is 160 Å². The first kappa shape index (κ1) is 18.6. The van der Waals surface area contributed by atoms with Crippen LogP contribution in [-0.4, -0.2) is 22.5 Å². The molecule has 0 fully saturated rings. The van der Waals surface area contributed by atoms with Crippen LogP contribution in [0.1, 0.15) is 17.4 Å². The van der Waals surface area contributed by atoms with E-state index in [0.717, 1.165) is 0 Å². The van der Waals surface area contributed by atoms with E-state index in [1.54, 1.807) is 18.2 Å². The first-order valence-electron chi connectivity index (χ1n) is 8.15. The fourth-order valence-corrected chi connectivity index (χ4v) is 2.47. The minimum Gasteiger partial charge on any atom is -0.492 e. The lowest BCUT2D eigenvalue weighted by atomic mass is 10.2. The van der Waals surface area contributed by atoms with Gasteiger partial charge in [-0.3, -0.25) is 4.79 Å². The van der Waals surface area contributed by atoms with Crippen LogP contribution in [0.2, 0.25) is 5.02 Å². The highest BCUT2D eigenvalue weighted by atomic mass is 35.5. The Morgan fingerprint density at radius 1 is 1.22 bits per heavy atom. The summed E-state index contributed by atoms with van der Waals surface area (Å²) in [6, 6.07) is 12.7. The van der Waals surface area contributed by atoms with Crippen molar-refractivity contribution in [1.29, 1.82) is 0 Å². The molecule has 0 aliphatic rings. The van der Waals surface area contributed by atoms with Crippen LogP contribution in [0.25, 0.3) is 0 Å². The number of amides is 1. The van der Waals surface area contributed by atoms with Crippen LogP contribution < -0.4 is 15.4 Å². The number of rotatable bonds is 6. The average molecular weight is 387 g/mol. The summed E-state index contributed by atoms with van der Waals surface area (Å²) in [4.78, 5) is 20.8. The van der Waals surface area contributed by atoms with Crippen molar-refractivity contribution >= 4 is 34.8 Å². The summed E-state index contributed by atoms with van der Waals surface area (Å²) in [6.07, 6.45) is 1.45. The number of hydrogen-bond acceptors (Lipinski definition) is 5. The van der Waals surface area contributed by atoms with Crippen molar-refractivity contribution in [3.05, 3.63) is 71.3 Å². The molecule has 0 saturated carbocycles. The highest BCUT2D eigenvalue weighted by Gasteiger charge is 2.12. The molecule has 0 atom stereocenters. The molecule has 8 heteroatoms. The summed E-state index contributed by atoms with van der Waals surface area (Å²) in [5.41, 5.74) is 1.20. The standard InChI is InChI=1S/C19H16ClFN4O2/c1-2-27-17-6-4-3-5-15(17)24-18(26)16-9-10-22-19(25-16)23-12-7-8-14(21)13(20)11-12/h3-11H,2H2,1H3,(H,24,26)(H,22,23,25). The van der Waals surface area contributed by atoms with Crippen LogP contribution in [0, 0.1) is 5.82 Å². The number of carbonyl (C=O) groups excluding carboxylic acids is 1. The third-order valence-electron chi connectivity index (χ3n) is 3.50. The number of benzene rings is 2. The molecule has 0 spiro atoms. The van der Waals surface area contributed by atoms with E-state index >= 15 is 0 Å². The van der Waals surface area contributed by atoms with Crippen LogP contribution in [0.15, 0.2) is 54.7 Å². The van der Waals surface area contributed by atoms with E-state index in [2.05, 4.69) is 20.6 Å². The van der Waals surface area contributed by atoms with Gasteiger partial charge in [0.2, 0.25) is 5.95 Å². The first-order valence-corrected chi connectivity index (χ1v) is 8.53. The molecule has 2 aromatic carbocycles. The Morgan fingerprint density at radius 2 is 2.04 bits per heavy atom. The average Bonchev–Trinajstić information content (AvgIpc) is 2.67. The third-order valence-corrected chi connectivity index (χ3v) is 3.79. The fourth-order valence-electron chi connectivity index (χ4n) is 2.29. The summed E-state index contributed by atoms with van der Waals surface area (Å²) < 4.78 is 18.7. The molecule has 0 aliphatic heterocycles. The van der Waals surface area contributed by atoms with Gasteiger partial charge in [-0.1, -0.05) is 23.7 Å². The van der Waals surface area contributed by atoms with Crippen LogP contribution >= 0.6 is 11.6 Å². The lowest BCUT2D eigenvalue weighted by Gasteiger charge is -2.11. The second-order valence-corrected chi connectivity index (χ2v) is 5.81. The lowest BCUT2D eigenvalue weighted by molar-refractivity contribution is 0.102. The van der Waals surface area contributed by atoms with E-state index in [9.17, 15) is 9.18 Å². The van der Waals surface area contributed by atoms with E-state index in [4.69, 9.17) is 16.3 Å². The number of nitrogens with zero attached hydrogens (tertiary/aromatic N) is 2. The molecule has 3 rings (SSSR count). The fraction of sp³-hybridized carbons (Fsp3) is 0.105. The Morgan fingerprint density at radius 3 is 2.81 bits per heavy atom. The zero-order chi connectivity index (χ0) is 19.2. The Balaban J connectivity index is 1.76. The van der Waals surface area contributed by atoms with Crippen LogP contribution in [0.3, 0.4) is 0 Å². The first-order chi connectivity index (χ1) is 13.1. The van der Waals surface area contributed by atoms with Crippen molar-refractivity contribution in [2.24, 2.45) is 0 Å². The second-order valence-electron chi connectivity index (χ2n) is 5.40. The number of nitrogens with one attached hydrogen (secondary N) is 2. The Bertz CT molecular complexity index is 968. The Hall–Kier alpha value is -3.19. The summed E-state index contributed by atoms with van der Waals surface area (Å²) in [5, 5.41) is 5.62. The van der Waals surface area contributed by atoms with E-state index in [0.29, 0.717) is 23.7 Å². The largest absolute Gasteiger partial charge is 0.492 e. The number of carbonyl (C=O) groups is 1. The highest BCUT2D eigenvalue weighted by molar-refractivity contribution is 6.31. The quantitative estimate of drug-likeness (QED) is 0.644. The van der Waals surface area contributed by atoms with Crippen molar-refractivity contribution in [3.8, 4) is 5.75 Å². The molecule has 0 aliphatic carbocycles. The molecule has 3 aromatic rings. The zero-order valence-electron chi connectivity index (χ0n) is 14.4. The number of halogens is 2.